The molecule has 0 bridgehead atoms. The van der Waals surface area contributed by atoms with Crippen molar-refractivity contribution in [1.29, 1.82) is 0 Å². The quantitative estimate of drug-likeness (QED) is 0.0797. The van der Waals surface area contributed by atoms with Crippen LogP contribution in [0.3, 0.4) is 0 Å². The van der Waals surface area contributed by atoms with Gasteiger partial charge in [0.15, 0.2) is 47.8 Å². The molecule has 16 N–H and O–H groups in total. The minimum absolute atomic E-state index is 0.406. The van der Waals surface area contributed by atoms with E-state index in [-0.39, 0.29) is 0 Å². The van der Waals surface area contributed by atoms with E-state index >= 15 is 0 Å². The summed E-state index contributed by atoms with van der Waals surface area (Å²) in [6.45, 7) is 0.874. The van der Waals surface area contributed by atoms with Crippen LogP contribution < -0.4 is 14.9 Å². The summed E-state index contributed by atoms with van der Waals surface area (Å²) in [6, 6.07) is 3.46. The van der Waals surface area contributed by atoms with Gasteiger partial charge in [0, 0.05) is 17.7 Å². The summed E-state index contributed by atoms with van der Waals surface area (Å²) >= 11 is 0. The van der Waals surface area contributed by atoms with E-state index < -0.39 is 198 Å². The molecular formula is C39H50O26. The third-order valence-electron chi connectivity index (χ3n) is 11.6. The van der Waals surface area contributed by atoms with Crippen molar-refractivity contribution in [2.75, 3.05) is 13.2 Å². The minimum atomic E-state index is -2.09. The predicted octanol–water partition coefficient (Wildman–Crippen LogP) is -5.66. The number of phenols is 4. The van der Waals surface area contributed by atoms with E-state index in [4.69, 9.17) is 42.3 Å². The van der Waals surface area contributed by atoms with Gasteiger partial charge >= 0.3 is 0 Å². The third kappa shape index (κ3) is 9.12. The Morgan fingerprint density at radius 3 is 1.55 bits per heavy atom. The standard InChI is InChI=1S/C39H50O26/c1-9-20(45)26(51)30(55)36(57-9)64-35-29(54)24(49)18(8-41)62-39(35)63-33-25(50)19-13(42)5-12(6-16(19)60-32(33)11-3-14(43)22(47)15(44)4-11)59-38-34(28(53)21(46)10(2)58-38)65-37-31(56)27(52)23(48)17(7-40)61-37/h3-6,9-10,17-18,20-21,23-24,26-31,34-49,51-56H,7-8H2,1-2H3/t9-,10-,17+,18+,20-,21-,23+,24+,26+,27-,28+,29-,30+,31+,34+,35+,36+,37-,38-,39-/m0/s1. The van der Waals surface area contributed by atoms with E-state index in [0.717, 1.165) is 24.3 Å². The van der Waals surface area contributed by atoms with Crippen molar-refractivity contribution in [3.8, 4) is 45.8 Å². The normalized spacial score (nSPS) is 40.2. The van der Waals surface area contributed by atoms with Crippen LogP contribution >= 0.6 is 0 Å². The van der Waals surface area contributed by atoms with Crippen molar-refractivity contribution in [1.82, 2.24) is 0 Å². The smallest absolute Gasteiger partial charge is 0.239 e. The molecule has 4 aliphatic rings. The Morgan fingerprint density at radius 1 is 0.523 bits per heavy atom. The molecule has 7 rings (SSSR count). The lowest BCUT2D eigenvalue weighted by Gasteiger charge is -2.45. The number of phenolic OH excluding ortho intramolecular Hbond substituents is 4. The number of benzene rings is 2. The first kappa shape index (κ1) is 48.7. The Hall–Kier alpha value is -4.27. The highest BCUT2D eigenvalue weighted by Crippen LogP contribution is 2.44. The molecule has 0 unspecified atom stereocenters. The Balaban J connectivity index is 1.29. The van der Waals surface area contributed by atoms with Crippen molar-refractivity contribution in [2.24, 2.45) is 0 Å². The Labute approximate surface area is 364 Å². The van der Waals surface area contributed by atoms with Crippen LogP contribution in [0, 0.1) is 0 Å². The van der Waals surface area contributed by atoms with Gasteiger partial charge in [0.2, 0.25) is 23.8 Å². The number of ether oxygens (including phenoxy) is 8. The molecule has 4 fully saturated rings. The second-order valence-corrected chi connectivity index (χ2v) is 16.0. The van der Waals surface area contributed by atoms with Crippen molar-refractivity contribution in [2.45, 2.75) is 137 Å². The highest BCUT2D eigenvalue weighted by Gasteiger charge is 2.53. The van der Waals surface area contributed by atoms with Gasteiger partial charge in [-0.1, -0.05) is 0 Å². The van der Waals surface area contributed by atoms with E-state index in [0.29, 0.717) is 0 Å². The van der Waals surface area contributed by atoms with Gasteiger partial charge < -0.3 is 124 Å². The number of fused-ring (bicyclic) bond motifs is 1. The highest BCUT2D eigenvalue weighted by atomic mass is 16.8. The molecule has 26 heteroatoms. The molecule has 4 aliphatic heterocycles. The number of hydrogen-bond acceptors (Lipinski definition) is 26. The molecule has 0 amide bonds. The second-order valence-electron chi connectivity index (χ2n) is 16.0. The molecule has 2 aromatic carbocycles. The number of aliphatic hydroxyl groups is 12. The number of aliphatic hydroxyl groups excluding tert-OH is 12. The molecule has 362 valence electrons. The van der Waals surface area contributed by atoms with E-state index in [1.807, 2.05) is 0 Å². The zero-order valence-electron chi connectivity index (χ0n) is 34.0. The Kier molecular flexibility index (Phi) is 14.3. The Bertz CT molecular complexity index is 2180. The van der Waals surface area contributed by atoms with Crippen LogP contribution in [0.2, 0.25) is 0 Å². The maximum atomic E-state index is 14.5. The minimum Gasteiger partial charge on any atom is -0.507 e. The molecule has 0 radical (unpaired) electrons. The fourth-order valence-corrected chi connectivity index (χ4v) is 7.76. The maximum absolute atomic E-state index is 14.5. The molecule has 3 aromatic rings. The van der Waals surface area contributed by atoms with E-state index in [1.165, 1.54) is 13.8 Å². The van der Waals surface area contributed by atoms with Gasteiger partial charge in [-0.3, -0.25) is 4.79 Å². The number of aromatic hydroxyl groups is 4. The van der Waals surface area contributed by atoms with Gasteiger partial charge in [0.05, 0.1) is 25.4 Å². The van der Waals surface area contributed by atoms with Crippen LogP contribution in [-0.2, 0) is 28.4 Å². The van der Waals surface area contributed by atoms with E-state index in [2.05, 4.69) is 0 Å². The molecule has 0 saturated carbocycles. The molecular weight excluding hydrogens is 884 g/mol. The lowest BCUT2D eigenvalue weighted by molar-refractivity contribution is -0.355. The van der Waals surface area contributed by atoms with Crippen molar-refractivity contribution < 1.29 is 124 Å². The molecule has 26 nitrogen and oxygen atoms in total. The van der Waals surface area contributed by atoms with Crippen molar-refractivity contribution in [3.63, 3.8) is 0 Å². The van der Waals surface area contributed by atoms with Gasteiger partial charge in [-0.25, -0.2) is 0 Å². The molecule has 0 spiro atoms. The summed E-state index contributed by atoms with van der Waals surface area (Å²) in [7, 11) is 0. The fourth-order valence-electron chi connectivity index (χ4n) is 7.76. The summed E-state index contributed by atoms with van der Waals surface area (Å²) < 4.78 is 51.6. The van der Waals surface area contributed by atoms with Gasteiger partial charge in [0.25, 0.3) is 0 Å². The van der Waals surface area contributed by atoms with Crippen LogP contribution in [0.1, 0.15) is 13.8 Å². The summed E-state index contributed by atoms with van der Waals surface area (Å²) in [5.74, 6) is -5.85. The first-order valence-corrected chi connectivity index (χ1v) is 20.0. The van der Waals surface area contributed by atoms with Gasteiger partial charge in [0.1, 0.15) is 95.7 Å². The predicted molar refractivity (Wildman–Crippen MR) is 206 cm³/mol. The van der Waals surface area contributed by atoms with Gasteiger partial charge in [-0.05, 0) is 26.0 Å². The average Bonchev–Trinajstić information content (AvgIpc) is 3.27. The summed E-state index contributed by atoms with van der Waals surface area (Å²) in [5, 5.41) is 167. The van der Waals surface area contributed by atoms with Crippen LogP contribution in [0.25, 0.3) is 22.3 Å². The molecule has 20 atom stereocenters. The zero-order valence-corrected chi connectivity index (χ0v) is 34.0. The molecule has 1 aromatic heterocycles. The molecule has 4 saturated heterocycles. The fraction of sp³-hybridized carbons (Fsp3) is 0.615. The first-order valence-electron chi connectivity index (χ1n) is 20.0. The third-order valence-corrected chi connectivity index (χ3v) is 11.6. The average molecular weight is 935 g/mol. The second kappa shape index (κ2) is 19.1. The molecule has 0 aliphatic carbocycles. The molecule has 5 heterocycles. The summed E-state index contributed by atoms with van der Waals surface area (Å²) in [5.41, 5.74) is -2.21. The largest absolute Gasteiger partial charge is 0.507 e. The van der Waals surface area contributed by atoms with Crippen LogP contribution in [-0.4, -0.2) is 218 Å². The van der Waals surface area contributed by atoms with Gasteiger partial charge in [-0.2, -0.15) is 0 Å². The maximum Gasteiger partial charge on any atom is 0.239 e. The van der Waals surface area contributed by atoms with Crippen LogP contribution in [0.15, 0.2) is 33.5 Å². The molecule has 65 heavy (non-hydrogen) atoms. The number of hydrogen-bond donors (Lipinski definition) is 16. The van der Waals surface area contributed by atoms with E-state index in [1.54, 1.807) is 0 Å². The SMILES string of the molecule is C[C@@H]1O[C@H](O[C@H]2[C@H](Oc3c(-c4cc(O)c(O)c(O)c4)oc4cc(O[C@@H]5O[C@@H](C)[C@H](O)[C@@H](O)[C@H]5O[C@@H]5O[C@H](CO)[C@@H](O)[C@H](O)[C@H]5O)cc(O)c4c3=O)O[C@H](CO)[C@@H](O)[C@@H]2O)[C@H](O)[C@H](O)[C@H]1O. The summed E-state index contributed by atoms with van der Waals surface area (Å²) in [6.07, 6.45) is -35.3. The van der Waals surface area contributed by atoms with E-state index in [9.17, 15) is 86.5 Å². The highest BCUT2D eigenvalue weighted by molar-refractivity contribution is 5.88. The van der Waals surface area contributed by atoms with Crippen LogP contribution in [0.5, 0.6) is 34.5 Å². The van der Waals surface area contributed by atoms with Crippen LogP contribution in [0.4, 0.5) is 0 Å². The lowest BCUT2D eigenvalue weighted by Crippen LogP contribution is -2.64. The number of rotatable bonds is 11. The topological polar surface area (TPSA) is 428 Å². The first-order chi connectivity index (χ1) is 30.7. The monoisotopic (exact) mass is 934 g/mol. The van der Waals surface area contributed by atoms with Crippen molar-refractivity contribution >= 4 is 11.0 Å². The zero-order chi connectivity index (χ0) is 47.5. The Morgan fingerprint density at radius 2 is 0.985 bits per heavy atom. The summed E-state index contributed by atoms with van der Waals surface area (Å²) in [4.78, 5) is 14.5. The lowest BCUT2D eigenvalue weighted by atomic mass is 9.97. The van der Waals surface area contributed by atoms with Gasteiger partial charge in [-0.15, -0.1) is 0 Å². The van der Waals surface area contributed by atoms with Crippen molar-refractivity contribution in [3.05, 3.63) is 34.5 Å².